The number of aryl methyl sites for hydroxylation is 1. The topological polar surface area (TPSA) is 55.0 Å². The van der Waals surface area contributed by atoms with Crippen molar-refractivity contribution in [1.82, 2.24) is 9.97 Å². The first kappa shape index (κ1) is 9.06. The van der Waals surface area contributed by atoms with Gasteiger partial charge < -0.3 is 10.6 Å². The van der Waals surface area contributed by atoms with Crippen LogP contribution < -0.4 is 10.6 Å². The summed E-state index contributed by atoms with van der Waals surface area (Å²) in [5.74, 6) is 1.03. The van der Waals surface area contributed by atoms with Crippen LogP contribution in [0.3, 0.4) is 0 Å². The van der Waals surface area contributed by atoms with Gasteiger partial charge in [0.1, 0.15) is 17.0 Å². The van der Waals surface area contributed by atoms with Gasteiger partial charge in [-0.25, -0.2) is 9.97 Å². The summed E-state index contributed by atoms with van der Waals surface area (Å²) in [6.45, 7) is 3.90. The highest BCUT2D eigenvalue weighted by atomic mass is 32.1. The van der Waals surface area contributed by atoms with Gasteiger partial charge in [-0.05, 0) is 13.0 Å². The van der Waals surface area contributed by atoms with Gasteiger partial charge in [-0.2, -0.15) is 0 Å². The average molecular weight is 220 g/mol. The molecule has 0 aromatic carbocycles. The Kier molecular flexibility index (Phi) is 1.90. The maximum atomic E-state index is 5.77. The highest BCUT2D eigenvalue weighted by molar-refractivity contribution is 7.18. The molecule has 0 amide bonds. The van der Waals surface area contributed by atoms with E-state index < -0.39 is 0 Å². The number of hydrogen-bond donors (Lipinski definition) is 1. The van der Waals surface area contributed by atoms with Crippen LogP contribution in [-0.2, 0) is 0 Å². The van der Waals surface area contributed by atoms with Crippen LogP contribution in [-0.4, -0.2) is 29.1 Å². The fraction of sp³-hybridized carbons (Fsp3) is 0.400. The molecule has 5 heteroatoms. The molecule has 1 saturated heterocycles. The molecule has 3 heterocycles. The Morgan fingerprint density at radius 1 is 1.47 bits per heavy atom. The Morgan fingerprint density at radius 3 is 3.00 bits per heavy atom. The highest BCUT2D eigenvalue weighted by Gasteiger charge is 2.26. The smallest absolute Gasteiger partial charge is 0.140 e. The number of rotatable bonds is 1. The van der Waals surface area contributed by atoms with E-state index in [4.69, 9.17) is 5.73 Å². The van der Waals surface area contributed by atoms with E-state index in [1.54, 1.807) is 17.7 Å². The fourth-order valence-electron chi connectivity index (χ4n) is 1.90. The predicted octanol–water partition coefficient (Wildman–Crippen LogP) is 1.15. The Balaban J connectivity index is 2.09. The second-order valence-corrected chi connectivity index (χ2v) is 5.17. The molecular weight excluding hydrogens is 208 g/mol. The van der Waals surface area contributed by atoms with E-state index in [0.717, 1.165) is 29.1 Å². The minimum atomic E-state index is 0.301. The molecular formula is C10H12N4S. The quantitative estimate of drug-likeness (QED) is 0.783. The first-order valence-electron chi connectivity index (χ1n) is 4.96. The number of thiophene rings is 1. The third-order valence-electron chi connectivity index (χ3n) is 2.64. The van der Waals surface area contributed by atoms with Crippen LogP contribution in [0.1, 0.15) is 4.88 Å². The van der Waals surface area contributed by atoms with Crippen molar-refractivity contribution in [3.8, 4) is 0 Å². The molecule has 2 aromatic heterocycles. The molecule has 1 aliphatic rings. The van der Waals surface area contributed by atoms with Crippen LogP contribution in [0.25, 0.3) is 10.2 Å². The molecule has 15 heavy (non-hydrogen) atoms. The average Bonchev–Trinajstić information content (AvgIpc) is 2.53. The normalized spacial score (nSPS) is 17.1. The van der Waals surface area contributed by atoms with Crippen LogP contribution in [0.4, 0.5) is 5.82 Å². The molecule has 0 saturated carbocycles. The van der Waals surface area contributed by atoms with Crippen molar-refractivity contribution in [2.24, 2.45) is 5.73 Å². The molecule has 4 nitrogen and oxygen atoms in total. The molecule has 0 spiro atoms. The molecule has 0 atom stereocenters. The van der Waals surface area contributed by atoms with E-state index in [9.17, 15) is 0 Å². The van der Waals surface area contributed by atoms with Crippen LogP contribution in [0.2, 0.25) is 0 Å². The van der Waals surface area contributed by atoms with Gasteiger partial charge in [0.2, 0.25) is 0 Å². The van der Waals surface area contributed by atoms with Gasteiger partial charge in [-0.3, -0.25) is 0 Å². The summed E-state index contributed by atoms with van der Waals surface area (Å²) in [5, 5.41) is 1.16. The van der Waals surface area contributed by atoms with Crippen molar-refractivity contribution in [1.29, 1.82) is 0 Å². The standard InChI is InChI=1S/C10H12N4S/c1-6-2-8-9(14-3-7(11)4-14)12-5-13-10(8)15-6/h2,5,7H,3-4,11H2,1H3. The van der Waals surface area contributed by atoms with Crippen molar-refractivity contribution in [3.63, 3.8) is 0 Å². The lowest BCUT2D eigenvalue weighted by Gasteiger charge is -2.37. The minimum Gasteiger partial charge on any atom is -0.353 e. The van der Waals surface area contributed by atoms with Crippen LogP contribution in [0, 0.1) is 6.92 Å². The maximum Gasteiger partial charge on any atom is 0.140 e. The SMILES string of the molecule is Cc1cc2c(N3CC(N)C3)ncnc2s1. The van der Waals surface area contributed by atoms with Crippen molar-refractivity contribution < 1.29 is 0 Å². The van der Waals surface area contributed by atoms with Crippen molar-refractivity contribution in [3.05, 3.63) is 17.3 Å². The zero-order valence-electron chi connectivity index (χ0n) is 8.47. The van der Waals surface area contributed by atoms with Crippen molar-refractivity contribution in [2.75, 3.05) is 18.0 Å². The number of fused-ring (bicyclic) bond motifs is 1. The Hall–Kier alpha value is -1.20. The minimum absolute atomic E-state index is 0.301. The summed E-state index contributed by atoms with van der Waals surface area (Å²) >= 11 is 1.71. The maximum absolute atomic E-state index is 5.77. The molecule has 2 N–H and O–H groups in total. The van der Waals surface area contributed by atoms with Gasteiger partial charge in [0.25, 0.3) is 0 Å². The molecule has 2 aromatic rings. The number of anilines is 1. The number of aromatic nitrogens is 2. The number of nitrogens with two attached hydrogens (primary N) is 1. The first-order valence-corrected chi connectivity index (χ1v) is 5.77. The van der Waals surface area contributed by atoms with E-state index in [-0.39, 0.29) is 0 Å². The lowest BCUT2D eigenvalue weighted by atomic mass is 10.1. The highest BCUT2D eigenvalue weighted by Crippen LogP contribution is 2.31. The third kappa shape index (κ3) is 1.39. The summed E-state index contributed by atoms with van der Waals surface area (Å²) in [4.78, 5) is 13.2. The lowest BCUT2D eigenvalue weighted by molar-refractivity contribution is 0.516. The summed E-state index contributed by atoms with van der Waals surface area (Å²) in [6, 6.07) is 2.45. The third-order valence-corrected chi connectivity index (χ3v) is 3.60. The molecule has 0 bridgehead atoms. The van der Waals surface area contributed by atoms with Crippen LogP contribution in [0.5, 0.6) is 0 Å². The largest absolute Gasteiger partial charge is 0.353 e. The van der Waals surface area contributed by atoms with E-state index in [0.29, 0.717) is 6.04 Å². The zero-order chi connectivity index (χ0) is 10.4. The molecule has 0 radical (unpaired) electrons. The van der Waals surface area contributed by atoms with Crippen LogP contribution in [0.15, 0.2) is 12.4 Å². The van der Waals surface area contributed by atoms with Gasteiger partial charge in [0, 0.05) is 24.0 Å². The summed E-state index contributed by atoms with van der Waals surface area (Å²) in [7, 11) is 0. The number of nitrogens with zero attached hydrogens (tertiary/aromatic N) is 3. The van der Waals surface area contributed by atoms with Crippen LogP contribution >= 0.6 is 11.3 Å². The lowest BCUT2D eigenvalue weighted by Crippen LogP contribution is -2.56. The monoisotopic (exact) mass is 220 g/mol. The van der Waals surface area contributed by atoms with E-state index in [2.05, 4.69) is 27.9 Å². The van der Waals surface area contributed by atoms with Gasteiger partial charge in [0.15, 0.2) is 0 Å². The Morgan fingerprint density at radius 2 is 2.27 bits per heavy atom. The van der Waals surface area contributed by atoms with E-state index >= 15 is 0 Å². The molecule has 1 aliphatic heterocycles. The van der Waals surface area contributed by atoms with Crippen molar-refractivity contribution in [2.45, 2.75) is 13.0 Å². The van der Waals surface area contributed by atoms with Gasteiger partial charge in [-0.15, -0.1) is 11.3 Å². The fourth-order valence-corrected chi connectivity index (χ4v) is 2.74. The van der Waals surface area contributed by atoms with E-state index in [1.807, 2.05) is 0 Å². The van der Waals surface area contributed by atoms with Gasteiger partial charge in [-0.1, -0.05) is 0 Å². The van der Waals surface area contributed by atoms with Gasteiger partial charge in [0.05, 0.1) is 5.39 Å². The predicted molar refractivity (Wildman–Crippen MR) is 62.3 cm³/mol. The molecule has 3 rings (SSSR count). The molecule has 0 aliphatic carbocycles. The zero-order valence-corrected chi connectivity index (χ0v) is 9.29. The molecule has 1 fully saturated rings. The van der Waals surface area contributed by atoms with E-state index in [1.165, 1.54) is 4.88 Å². The van der Waals surface area contributed by atoms with Gasteiger partial charge >= 0.3 is 0 Å². The van der Waals surface area contributed by atoms with Crippen molar-refractivity contribution >= 4 is 27.4 Å². The first-order chi connectivity index (χ1) is 7.24. The Labute approximate surface area is 91.7 Å². The summed E-state index contributed by atoms with van der Waals surface area (Å²) in [6.07, 6.45) is 1.64. The Bertz CT molecular complexity index is 501. The molecule has 0 unspecified atom stereocenters. The summed E-state index contributed by atoms with van der Waals surface area (Å²) in [5.41, 5.74) is 5.77. The number of hydrogen-bond acceptors (Lipinski definition) is 5. The molecule has 78 valence electrons. The second kappa shape index (κ2) is 3.15. The second-order valence-electron chi connectivity index (χ2n) is 3.94. The summed E-state index contributed by atoms with van der Waals surface area (Å²) < 4.78 is 0.